The highest BCUT2D eigenvalue weighted by atomic mass is 16.2. The van der Waals surface area contributed by atoms with Crippen molar-refractivity contribution in [2.24, 2.45) is 5.92 Å². The van der Waals surface area contributed by atoms with Gasteiger partial charge in [0.2, 0.25) is 5.91 Å². The topological polar surface area (TPSA) is 20.3 Å². The Balaban J connectivity index is 3.83. The minimum atomic E-state index is 0.245. The predicted molar refractivity (Wildman–Crippen MR) is 47.4 cm³/mol. The number of amides is 1. The number of carbonyl (C=O) groups excluding carboxylic acids is 1. The van der Waals surface area contributed by atoms with Gasteiger partial charge in [-0.1, -0.05) is 13.8 Å². The van der Waals surface area contributed by atoms with E-state index < -0.39 is 0 Å². The lowest BCUT2D eigenvalue weighted by Crippen LogP contribution is -2.33. The molecule has 0 aromatic rings. The van der Waals surface area contributed by atoms with E-state index in [4.69, 9.17) is 0 Å². The maximum atomic E-state index is 11.3. The van der Waals surface area contributed by atoms with Crippen LogP contribution in [0.15, 0.2) is 0 Å². The van der Waals surface area contributed by atoms with E-state index in [0.29, 0.717) is 18.4 Å². The molecule has 11 heavy (non-hydrogen) atoms. The van der Waals surface area contributed by atoms with Gasteiger partial charge in [0.05, 0.1) is 0 Å². The molecule has 0 aromatic heterocycles. The van der Waals surface area contributed by atoms with Gasteiger partial charge < -0.3 is 4.90 Å². The highest BCUT2D eigenvalue weighted by molar-refractivity contribution is 5.76. The Labute approximate surface area is 69.6 Å². The molecule has 0 radical (unpaired) electrons. The van der Waals surface area contributed by atoms with Crippen molar-refractivity contribution in [1.29, 1.82) is 0 Å². The van der Waals surface area contributed by atoms with Gasteiger partial charge in [-0.2, -0.15) is 0 Å². The van der Waals surface area contributed by atoms with Crippen molar-refractivity contribution in [1.82, 2.24) is 4.90 Å². The molecule has 2 nitrogen and oxygen atoms in total. The number of hydrogen-bond donors (Lipinski definition) is 0. The van der Waals surface area contributed by atoms with Crippen LogP contribution >= 0.6 is 0 Å². The summed E-state index contributed by atoms with van der Waals surface area (Å²) in [6.45, 7) is 8.18. The van der Waals surface area contributed by atoms with E-state index in [1.165, 1.54) is 0 Å². The molecule has 0 fully saturated rings. The largest absolute Gasteiger partial charge is 0.343 e. The summed E-state index contributed by atoms with van der Waals surface area (Å²) in [5.41, 5.74) is 0. The molecule has 0 aliphatic heterocycles. The first kappa shape index (κ1) is 10.5. The van der Waals surface area contributed by atoms with E-state index in [1.54, 1.807) is 4.90 Å². The summed E-state index contributed by atoms with van der Waals surface area (Å²) in [6.07, 6.45) is 0.661. The van der Waals surface area contributed by atoms with Crippen molar-refractivity contribution in [2.45, 2.75) is 40.2 Å². The van der Waals surface area contributed by atoms with Gasteiger partial charge in [0, 0.05) is 19.5 Å². The van der Waals surface area contributed by atoms with Crippen LogP contribution in [-0.4, -0.2) is 23.9 Å². The summed E-state index contributed by atoms with van der Waals surface area (Å²) in [5, 5.41) is 0. The minimum absolute atomic E-state index is 0.245. The standard InChI is InChI=1S/C9H19NO/c1-7(2)6-9(11)10(5)8(3)4/h7-8H,6H2,1-5H3. The Morgan fingerprint density at radius 1 is 1.27 bits per heavy atom. The number of rotatable bonds is 3. The molecule has 0 unspecified atom stereocenters. The van der Waals surface area contributed by atoms with E-state index in [0.717, 1.165) is 0 Å². The summed E-state index contributed by atoms with van der Waals surface area (Å²) in [7, 11) is 1.86. The second-order valence-electron chi connectivity index (χ2n) is 3.70. The van der Waals surface area contributed by atoms with E-state index in [-0.39, 0.29) is 5.91 Å². The highest BCUT2D eigenvalue weighted by Crippen LogP contribution is 2.04. The Bertz CT molecular complexity index is 130. The van der Waals surface area contributed by atoms with Crippen molar-refractivity contribution < 1.29 is 4.79 Å². The SMILES string of the molecule is CC(C)CC(=O)N(C)C(C)C. The molecule has 1 amide bonds. The first-order valence-electron chi connectivity index (χ1n) is 4.20. The van der Waals surface area contributed by atoms with Gasteiger partial charge in [-0.3, -0.25) is 4.79 Å². The highest BCUT2D eigenvalue weighted by Gasteiger charge is 2.12. The molecule has 0 bridgehead atoms. The molecular weight excluding hydrogens is 138 g/mol. The van der Waals surface area contributed by atoms with Crippen LogP contribution in [0.2, 0.25) is 0 Å². The van der Waals surface area contributed by atoms with Crippen LogP contribution in [0.5, 0.6) is 0 Å². The molecule has 0 saturated heterocycles. The van der Waals surface area contributed by atoms with E-state index >= 15 is 0 Å². The number of carbonyl (C=O) groups is 1. The molecule has 0 spiro atoms. The van der Waals surface area contributed by atoms with Crippen LogP contribution in [0, 0.1) is 5.92 Å². The summed E-state index contributed by atoms with van der Waals surface area (Å²) in [4.78, 5) is 13.1. The van der Waals surface area contributed by atoms with Gasteiger partial charge in [-0.05, 0) is 19.8 Å². The van der Waals surface area contributed by atoms with Crippen LogP contribution in [0.3, 0.4) is 0 Å². The molecule has 0 heterocycles. The van der Waals surface area contributed by atoms with Gasteiger partial charge in [-0.15, -0.1) is 0 Å². The minimum Gasteiger partial charge on any atom is -0.343 e. The summed E-state index contributed by atoms with van der Waals surface area (Å²) >= 11 is 0. The Kier molecular flexibility index (Phi) is 4.16. The fraction of sp³-hybridized carbons (Fsp3) is 0.889. The molecule has 0 aliphatic carbocycles. The van der Waals surface area contributed by atoms with Crippen molar-refractivity contribution in [2.75, 3.05) is 7.05 Å². The average Bonchev–Trinajstić information content (AvgIpc) is 1.84. The number of hydrogen-bond acceptors (Lipinski definition) is 1. The summed E-state index contributed by atoms with van der Waals surface area (Å²) in [6, 6.07) is 0.321. The first-order valence-corrected chi connectivity index (χ1v) is 4.20. The molecule has 66 valence electrons. The van der Waals surface area contributed by atoms with Crippen LogP contribution in [0.25, 0.3) is 0 Å². The lowest BCUT2D eigenvalue weighted by Gasteiger charge is -2.22. The van der Waals surface area contributed by atoms with E-state index in [9.17, 15) is 4.79 Å². The zero-order valence-electron chi connectivity index (χ0n) is 8.22. The van der Waals surface area contributed by atoms with Gasteiger partial charge in [0.1, 0.15) is 0 Å². The van der Waals surface area contributed by atoms with E-state index in [1.807, 2.05) is 20.9 Å². The molecule has 0 aliphatic rings. The van der Waals surface area contributed by atoms with Crippen LogP contribution < -0.4 is 0 Å². The molecule has 0 N–H and O–H groups in total. The molecule has 0 rings (SSSR count). The maximum absolute atomic E-state index is 11.3. The molecule has 0 saturated carbocycles. The lowest BCUT2D eigenvalue weighted by molar-refractivity contribution is -0.132. The van der Waals surface area contributed by atoms with Crippen LogP contribution in [0.4, 0.5) is 0 Å². The monoisotopic (exact) mass is 157 g/mol. The van der Waals surface area contributed by atoms with Crippen molar-refractivity contribution in [3.05, 3.63) is 0 Å². The molecule has 0 aromatic carbocycles. The summed E-state index contributed by atoms with van der Waals surface area (Å²) < 4.78 is 0. The quantitative estimate of drug-likeness (QED) is 0.612. The Morgan fingerprint density at radius 2 is 1.73 bits per heavy atom. The fourth-order valence-corrected chi connectivity index (χ4v) is 0.781. The van der Waals surface area contributed by atoms with Gasteiger partial charge in [0.25, 0.3) is 0 Å². The first-order chi connectivity index (χ1) is 4.95. The van der Waals surface area contributed by atoms with Gasteiger partial charge in [0.15, 0.2) is 0 Å². The third-order valence-electron chi connectivity index (χ3n) is 1.75. The van der Waals surface area contributed by atoms with Gasteiger partial charge in [-0.25, -0.2) is 0 Å². The van der Waals surface area contributed by atoms with Crippen molar-refractivity contribution >= 4 is 5.91 Å². The third kappa shape index (κ3) is 4.02. The molecule has 2 heteroatoms. The third-order valence-corrected chi connectivity index (χ3v) is 1.75. The fourth-order valence-electron chi connectivity index (χ4n) is 0.781. The predicted octanol–water partition coefficient (Wildman–Crippen LogP) is 1.90. The van der Waals surface area contributed by atoms with Crippen LogP contribution in [-0.2, 0) is 4.79 Å². The lowest BCUT2D eigenvalue weighted by atomic mass is 10.1. The Hall–Kier alpha value is -0.530. The zero-order valence-corrected chi connectivity index (χ0v) is 8.22. The van der Waals surface area contributed by atoms with Gasteiger partial charge >= 0.3 is 0 Å². The number of nitrogens with zero attached hydrogens (tertiary/aromatic N) is 1. The van der Waals surface area contributed by atoms with E-state index in [2.05, 4.69) is 13.8 Å². The normalized spacial score (nSPS) is 10.8. The molecule has 0 atom stereocenters. The Morgan fingerprint density at radius 3 is 2.00 bits per heavy atom. The maximum Gasteiger partial charge on any atom is 0.222 e. The second-order valence-corrected chi connectivity index (χ2v) is 3.70. The molecular formula is C9H19NO. The van der Waals surface area contributed by atoms with Crippen molar-refractivity contribution in [3.8, 4) is 0 Å². The smallest absolute Gasteiger partial charge is 0.222 e. The van der Waals surface area contributed by atoms with Crippen LogP contribution in [0.1, 0.15) is 34.1 Å². The second kappa shape index (κ2) is 4.37. The average molecular weight is 157 g/mol. The van der Waals surface area contributed by atoms with Crippen molar-refractivity contribution in [3.63, 3.8) is 0 Å². The zero-order chi connectivity index (χ0) is 9.02. The summed E-state index contributed by atoms with van der Waals surface area (Å²) in [5.74, 6) is 0.707.